The maximum Gasteiger partial charge on any atom is 0.303 e. The van der Waals surface area contributed by atoms with E-state index >= 15 is 4.39 Å². The van der Waals surface area contributed by atoms with Gasteiger partial charge in [0.05, 0.1) is 23.3 Å². The molecule has 0 unspecified atom stereocenters. The molecule has 1 fully saturated rings. The van der Waals surface area contributed by atoms with Crippen molar-refractivity contribution >= 4 is 40.0 Å². The number of hydrogen-bond acceptors (Lipinski definition) is 7. The van der Waals surface area contributed by atoms with Crippen LogP contribution < -0.4 is 10.5 Å². The van der Waals surface area contributed by atoms with Gasteiger partial charge in [-0.2, -0.15) is 0 Å². The Morgan fingerprint density at radius 1 is 1.36 bits per heavy atom. The molecule has 0 aliphatic carbocycles. The molecule has 194 valence electrons. The van der Waals surface area contributed by atoms with Gasteiger partial charge in [0.25, 0.3) is 0 Å². The normalized spacial score (nSPS) is 16.8. The number of aliphatic carboxylic acids is 1. The lowest BCUT2D eigenvalue weighted by atomic mass is 9.71. The smallest absolute Gasteiger partial charge is 0.303 e. The number of methoxy groups -OCH3 is 1. The van der Waals surface area contributed by atoms with Crippen molar-refractivity contribution in [2.24, 2.45) is 11.1 Å². The van der Waals surface area contributed by atoms with Crippen LogP contribution in [0.5, 0.6) is 5.75 Å². The Morgan fingerprint density at radius 2 is 2.17 bits per heavy atom. The summed E-state index contributed by atoms with van der Waals surface area (Å²) >= 11 is 3.61. The number of aromatic nitrogens is 1. The summed E-state index contributed by atoms with van der Waals surface area (Å²) in [7, 11) is 1.58. The van der Waals surface area contributed by atoms with Crippen molar-refractivity contribution in [3.05, 3.63) is 53.0 Å². The van der Waals surface area contributed by atoms with Crippen molar-refractivity contribution in [2.75, 3.05) is 32.5 Å². The minimum absolute atomic E-state index is 0.0756. The zero-order valence-electron chi connectivity index (χ0n) is 20.6. The highest BCUT2D eigenvalue weighted by Crippen LogP contribution is 2.43. The van der Waals surface area contributed by atoms with Crippen molar-refractivity contribution in [1.29, 1.82) is 0 Å². The number of hydrogen-bond donors (Lipinski definition) is 2. The number of thiophene rings is 1. The number of benzene rings is 1. The fourth-order valence-corrected chi connectivity index (χ4v) is 7.04. The van der Waals surface area contributed by atoms with E-state index in [0.29, 0.717) is 34.2 Å². The van der Waals surface area contributed by atoms with Crippen LogP contribution in [0, 0.1) is 5.41 Å². The molecule has 0 spiro atoms. The highest BCUT2D eigenvalue weighted by atomic mass is 32.2. The largest absolute Gasteiger partial charge is 0.497 e. The average molecular weight is 532 g/mol. The summed E-state index contributed by atoms with van der Waals surface area (Å²) in [6.07, 6.45) is 2.78. The van der Waals surface area contributed by atoms with E-state index in [1.54, 1.807) is 24.6 Å². The Kier molecular flexibility index (Phi) is 9.22. The molecule has 0 saturated carbocycles. The third kappa shape index (κ3) is 6.56. The Morgan fingerprint density at radius 3 is 2.83 bits per heavy atom. The molecular formula is C27H34FN3O3S2. The standard InChI is InChI=1S/C27H34FN3O3S2/c1-34-20-4-5-23-21(15-20)26(19(17-29)18-30-23)22(28)6-7-27(16-24(32)33)8-10-31(11-9-27)12-14-36-25-3-2-13-35-25/h2-5,13,15,18,22H,6-12,14,16-17,29H2,1H3,(H,32,33)/t22-/m1/s1. The maximum atomic E-state index is 15.9. The van der Waals surface area contributed by atoms with Gasteiger partial charge in [0.1, 0.15) is 11.9 Å². The first-order chi connectivity index (χ1) is 17.4. The third-order valence-electron chi connectivity index (χ3n) is 7.25. The SMILES string of the molecule is COc1ccc2ncc(CN)c([C@H](F)CCC3(CC(=O)O)CCN(CCSc4cccs4)CC3)c2c1. The Hall–Kier alpha value is -2.20. The predicted molar refractivity (Wildman–Crippen MR) is 145 cm³/mol. The molecule has 9 heteroatoms. The maximum absolute atomic E-state index is 15.9. The van der Waals surface area contributed by atoms with Crippen LogP contribution in [-0.4, -0.2) is 53.5 Å². The van der Waals surface area contributed by atoms with Gasteiger partial charge in [-0.15, -0.1) is 23.1 Å². The molecule has 1 aliphatic heterocycles. The first kappa shape index (κ1) is 26.9. The molecule has 1 aliphatic rings. The van der Waals surface area contributed by atoms with Crippen LogP contribution in [0.15, 0.2) is 46.1 Å². The molecule has 4 rings (SSSR count). The van der Waals surface area contributed by atoms with Gasteiger partial charge in [-0.05, 0) is 79.4 Å². The number of nitrogens with zero attached hydrogens (tertiary/aromatic N) is 2. The number of likely N-dealkylation sites (tertiary alicyclic amines) is 1. The van der Waals surface area contributed by atoms with Crippen molar-refractivity contribution in [3.8, 4) is 5.75 Å². The number of alkyl halides is 1. The molecule has 3 aromatic rings. The summed E-state index contributed by atoms with van der Waals surface area (Å²) in [5.74, 6) is 0.840. The van der Waals surface area contributed by atoms with E-state index in [0.717, 1.165) is 38.2 Å². The highest BCUT2D eigenvalue weighted by Gasteiger charge is 2.37. The lowest BCUT2D eigenvalue weighted by Crippen LogP contribution is -2.42. The number of pyridine rings is 1. The Bertz CT molecular complexity index is 1150. The molecule has 0 bridgehead atoms. The van der Waals surface area contributed by atoms with Gasteiger partial charge >= 0.3 is 5.97 Å². The molecule has 3 heterocycles. The van der Waals surface area contributed by atoms with Crippen LogP contribution in [0.1, 0.15) is 49.4 Å². The zero-order valence-corrected chi connectivity index (χ0v) is 22.3. The van der Waals surface area contributed by atoms with Crippen molar-refractivity contribution < 1.29 is 19.0 Å². The second-order valence-electron chi connectivity index (χ2n) is 9.48. The van der Waals surface area contributed by atoms with Gasteiger partial charge in [-0.25, -0.2) is 4.39 Å². The fourth-order valence-electron chi connectivity index (χ4n) is 5.18. The summed E-state index contributed by atoms with van der Waals surface area (Å²) in [6, 6.07) is 9.64. The molecule has 6 nitrogen and oxygen atoms in total. The predicted octanol–water partition coefficient (Wildman–Crippen LogP) is 5.90. The average Bonchev–Trinajstić information content (AvgIpc) is 3.40. The zero-order chi connectivity index (χ0) is 25.5. The first-order valence-corrected chi connectivity index (χ1v) is 14.2. The number of ether oxygens (including phenoxy) is 1. The summed E-state index contributed by atoms with van der Waals surface area (Å²) in [4.78, 5) is 18.6. The molecule has 2 aromatic heterocycles. The molecule has 1 atom stereocenters. The molecular weight excluding hydrogens is 497 g/mol. The topological polar surface area (TPSA) is 88.7 Å². The fraction of sp³-hybridized carbons (Fsp3) is 0.481. The first-order valence-electron chi connectivity index (χ1n) is 12.3. The van der Waals surface area contributed by atoms with Crippen molar-refractivity contribution in [1.82, 2.24) is 9.88 Å². The molecule has 3 N–H and O–H groups in total. The monoisotopic (exact) mass is 531 g/mol. The number of carbonyl (C=O) groups is 1. The van der Waals surface area contributed by atoms with E-state index in [2.05, 4.69) is 27.4 Å². The van der Waals surface area contributed by atoms with E-state index in [-0.39, 0.29) is 19.4 Å². The highest BCUT2D eigenvalue weighted by molar-refractivity contribution is 8.01. The quantitative estimate of drug-likeness (QED) is 0.281. The second kappa shape index (κ2) is 12.4. The van der Waals surface area contributed by atoms with Crippen LogP contribution >= 0.6 is 23.1 Å². The molecule has 1 saturated heterocycles. The molecule has 0 amide bonds. The molecule has 1 aromatic carbocycles. The number of carboxylic acids is 1. The lowest BCUT2D eigenvalue weighted by molar-refractivity contribution is -0.141. The lowest BCUT2D eigenvalue weighted by Gasteiger charge is -2.41. The van der Waals surface area contributed by atoms with E-state index in [4.69, 9.17) is 10.5 Å². The summed E-state index contributed by atoms with van der Waals surface area (Å²) in [5, 5.41) is 12.4. The Balaban J connectivity index is 1.43. The van der Waals surface area contributed by atoms with Crippen LogP contribution in [0.4, 0.5) is 4.39 Å². The number of thioether (sulfide) groups is 1. The number of fused-ring (bicyclic) bond motifs is 1. The van der Waals surface area contributed by atoms with Gasteiger partial charge in [0.15, 0.2) is 0 Å². The number of rotatable bonds is 12. The number of halogens is 1. The van der Waals surface area contributed by atoms with E-state index in [9.17, 15) is 9.90 Å². The summed E-state index contributed by atoms with van der Waals surface area (Å²) < 4.78 is 22.6. The number of carboxylic acid groups (broad SMARTS) is 1. The van der Waals surface area contributed by atoms with E-state index in [1.165, 1.54) is 4.21 Å². The van der Waals surface area contributed by atoms with Crippen LogP contribution in [0.25, 0.3) is 10.9 Å². The van der Waals surface area contributed by atoms with Gasteiger partial charge in [-0.1, -0.05) is 6.07 Å². The van der Waals surface area contributed by atoms with Gasteiger partial charge in [-0.3, -0.25) is 9.78 Å². The molecule has 0 radical (unpaired) electrons. The van der Waals surface area contributed by atoms with Gasteiger partial charge < -0.3 is 20.5 Å². The second-order valence-corrected chi connectivity index (χ2v) is 11.8. The number of nitrogens with two attached hydrogens (primary N) is 1. The minimum atomic E-state index is -1.26. The minimum Gasteiger partial charge on any atom is -0.497 e. The van der Waals surface area contributed by atoms with Crippen molar-refractivity contribution in [3.63, 3.8) is 0 Å². The van der Waals surface area contributed by atoms with Crippen LogP contribution in [-0.2, 0) is 11.3 Å². The third-order valence-corrected chi connectivity index (χ3v) is 9.36. The van der Waals surface area contributed by atoms with E-state index < -0.39 is 17.6 Å². The van der Waals surface area contributed by atoms with Gasteiger partial charge in [0, 0.05) is 36.0 Å². The van der Waals surface area contributed by atoms with Crippen LogP contribution in [0.2, 0.25) is 0 Å². The van der Waals surface area contributed by atoms with E-state index in [1.807, 2.05) is 30.0 Å². The summed E-state index contributed by atoms with van der Waals surface area (Å²) in [5.41, 5.74) is 7.47. The number of piperidine rings is 1. The van der Waals surface area contributed by atoms with Crippen molar-refractivity contribution in [2.45, 2.75) is 49.0 Å². The summed E-state index contributed by atoms with van der Waals surface area (Å²) in [6.45, 7) is 2.86. The Labute approximate surface area is 220 Å². The van der Waals surface area contributed by atoms with Crippen LogP contribution in [0.3, 0.4) is 0 Å². The van der Waals surface area contributed by atoms with Gasteiger partial charge in [0.2, 0.25) is 0 Å². The molecule has 36 heavy (non-hydrogen) atoms.